The van der Waals surface area contributed by atoms with Gasteiger partial charge in [-0.05, 0) is 19.3 Å². The normalized spacial score (nSPS) is 18.2. The van der Waals surface area contributed by atoms with Gasteiger partial charge in [0.1, 0.15) is 18.1 Å². The monoisotopic (exact) mass is 467 g/mol. The van der Waals surface area contributed by atoms with Crippen LogP contribution in [0.3, 0.4) is 0 Å². The fraction of sp³-hybridized carbons (Fsp3) is 0.579. The molecule has 4 amide bonds. The van der Waals surface area contributed by atoms with Crippen molar-refractivity contribution >= 4 is 29.6 Å². The Morgan fingerprint density at radius 2 is 1.91 bits per heavy atom. The number of nitrogens with zero attached hydrogens (tertiary/aromatic N) is 2. The van der Waals surface area contributed by atoms with E-state index in [0.29, 0.717) is 12.1 Å². The van der Waals surface area contributed by atoms with E-state index < -0.39 is 60.4 Å². The number of hydrogen-bond donors (Lipinski definition) is 7. The third-order valence-electron chi connectivity index (χ3n) is 5.26. The van der Waals surface area contributed by atoms with E-state index in [2.05, 4.69) is 20.6 Å². The predicted octanol–water partition coefficient (Wildman–Crippen LogP) is -3.42. The van der Waals surface area contributed by atoms with Crippen LogP contribution in [0.2, 0.25) is 0 Å². The summed E-state index contributed by atoms with van der Waals surface area (Å²) in [5, 5.41) is 23.7. The minimum absolute atomic E-state index is 0.110. The van der Waals surface area contributed by atoms with Crippen LogP contribution in [0.5, 0.6) is 0 Å². The summed E-state index contributed by atoms with van der Waals surface area (Å²) in [6, 6.07) is -4.78. The van der Waals surface area contributed by atoms with Gasteiger partial charge in [-0.2, -0.15) is 0 Å². The third kappa shape index (κ3) is 7.25. The fourth-order valence-corrected chi connectivity index (χ4v) is 3.51. The molecule has 0 bridgehead atoms. The van der Waals surface area contributed by atoms with Crippen LogP contribution in [0.25, 0.3) is 0 Å². The van der Waals surface area contributed by atoms with Gasteiger partial charge >= 0.3 is 5.97 Å². The van der Waals surface area contributed by atoms with Crippen molar-refractivity contribution in [2.75, 3.05) is 13.2 Å². The maximum absolute atomic E-state index is 12.8. The lowest BCUT2D eigenvalue weighted by Crippen LogP contribution is -2.58. The molecule has 1 saturated heterocycles. The van der Waals surface area contributed by atoms with Gasteiger partial charge in [-0.25, -0.2) is 9.78 Å². The lowest BCUT2D eigenvalue weighted by Gasteiger charge is -2.28. The number of aromatic nitrogens is 2. The lowest BCUT2D eigenvalue weighted by molar-refractivity contribution is -0.150. The van der Waals surface area contributed by atoms with Gasteiger partial charge in [-0.15, -0.1) is 0 Å². The van der Waals surface area contributed by atoms with E-state index in [9.17, 15) is 34.2 Å². The van der Waals surface area contributed by atoms with Crippen LogP contribution < -0.4 is 22.1 Å². The van der Waals surface area contributed by atoms with Gasteiger partial charge in [-0.3, -0.25) is 19.2 Å². The molecule has 14 nitrogen and oxygen atoms in total. The van der Waals surface area contributed by atoms with Crippen LogP contribution in [0.4, 0.5) is 0 Å². The van der Waals surface area contributed by atoms with Crippen molar-refractivity contribution in [2.24, 2.45) is 11.5 Å². The van der Waals surface area contributed by atoms with Gasteiger partial charge in [-0.1, -0.05) is 0 Å². The molecule has 1 fully saturated rings. The second-order valence-corrected chi connectivity index (χ2v) is 7.73. The van der Waals surface area contributed by atoms with E-state index in [-0.39, 0.29) is 32.2 Å². The van der Waals surface area contributed by atoms with Crippen LogP contribution in [-0.2, 0) is 30.4 Å². The summed E-state index contributed by atoms with van der Waals surface area (Å²) in [6.07, 6.45) is 3.35. The van der Waals surface area contributed by atoms with E-state index in [1.54, 1.807) is 0 Å². The quantitative estimate of drug-likeness (QED) is 0.162. The second kappa shape index (κ2) is 11.9. The van der Waals surface area contributed by atoms with Gasteiger partial charge in [0, 0.05) is 31.3 Å². The molecule has 1 aliphatic heterocycles. The maximum Gasteiger partial charge on any atom is 0.326 e. The number of nitrogens with two attached hydrogens (primary N) is 2. The number of nitrogens with one attached hydrogen (secondary N) is 3. The summed E-state index contributed by atoms with van der Waals surface area (Å²) in [5.74, 6) is -4.18. The Bertz CT molecular complexity index is 861. The lowest BCUT2D eigenvalue weighted by atomic mass is 10.1. The highest BCUT2D eigenvalue weighted by Crippen LogP contribution is 2.18. The summed E-state index contributed by atoms with van der Waals surface area (Å²) in [5.41, 5.74) is 11.6. The molecule has 0 spiro atoms. The number of aliphatic hydroxyl groups is 1. The minimum atomic E-state index is -1.43. The summed E-state index contributed by atoms with van der Waals surface area (Å²) in [7, 11) is 0. The molecule has 1 aromatic heterocycles. The first-order valence-electron chi connectivity index (χ1n) is 10.4. The van der Waals surface area contributed by atoms with Crippen LogP contribution in [-0.4, -0.2) is 92.0 Å². The predicted molar refractivity (Wildman–Crippen MR) is 112 cm³/mol. The highest BCUT2D eigenvalue weighted by molar-refractivity contribution is 5.94. The Balaban J connectivity index is 2.06. The number of likely N-dealkylation sites (tertiary alicyclic amines) is 1. The molecule has 0 aliphatic carbocycles. The van der Waals surface area contributed by atoms with Crippen molar-refractivity contribution in [2.45, 2.75) is 56.3 Å². The van der Waals surface area contributed by atoms with Crippen molar-refractivity contribution in [1.82, 2.24) is 25.5 Å². The van der Waals surface area contributed by atoms with Crippen LogP contribution in [0.1, 0.15) is 31.4 Å². The Hall–Kier alpha value is -3.52. The largest absolute Gasteiger partial charge is 0.480 e. The highest BCUT2D eigenvalue weighted by Gasteiger charge is 2.38. The number of aliphatic carboxylic acids is 1. The number of primary amides is 1. The van der Waals surface area contributed by atoms with Crippen molar-refractivity contribution < 1.29 is 34.2 Å². The number of imidazole rings is 1. The molecule has 1 aliphatic rings. The molecular formula is C19H29N7O7. The average molecular weight is 467 g/mol. The molecule has 4 atom stereocenters. The summed E-state index contributed by atoms with van der Waals surface area (Å²) < 4.78 is 0. The van der Waals surface area contributed by atoms with Crippen molar-refractivity contribution in [3.8, 4) is 0 Å². The maximum atomic E-state index is 12.8. The zero-order valence-corrected chi connectivity index (χ0v) is 17.9. The standard InChI is InChI=1S/C19H29N7O7/c20-11(6-10-7-22-9-23-10)16(29)24-12(3-4-15(21)28)17(30)25-13(8-27)18(31)26-5-1-2-14(26)19(32)33/h7,9,11-14,27H,1-6,8,20H2,(H2,21,28)(H,22,23)(H,24,29)(H,25,30)(H,32,33). The number of rotatable bonds is 12. The Morgan fingerprint density at radius 3 is 2.48 bits per heavy atom. The fourth-order valence-electron chi connectivity index (χ4n) is 3.51. The van der Waals surface area contributed by atoms with Crippen LogP contribution in [0.15, 0.2) is 12.5 Å². The molecule has 2 heterocycles. The second-order valence-electron chi connectivity index (χ2n) is 7.73. The topological polar surface area (TPSA) is 234 Å². The van der Waals surface area contributed by atoms with Gasteiger partial charge < -0.3 is 42.2 Å². The summed E-state index contributed by atoms with van der Waals surface area (Å²) in [6.45, 7) is -0.615. The number of aromatic amines is 1. The van der Waals surface area contributed by atoms with Gasteiger partial charge in [0.05, 0.1) is 19.0 Å². The van der Waals surface area contributed by atoms with E-state index in [0.717, 1.165) is 4.90 Å². The number of H-pyrrole nitrogens is 1. The number of amides is 4. The summed E-state index contributed by atoms with van der Waals surface area (Å²) in [4.78, 5) is 68.3. The zero-order chi connectivity index (χ0) is 24.5. The van der Waals surface area contributed by atoms with Crippen LogP contribution >= 0.6 is 0 Å². The smallest absolute Gasteiger partial charge is 0.326 e. The average Bonchev–Trinajstić information content (AvgIpc) is 3.45. The number of carboxylic acids is 1. The first-order chi connectivity index (χ1) is 15.6. The molecular weight excluding hydrogens is 438 g/mol. The SMILES string of the molecule is NC(=O)CCC(NC(=O)C(N)Cc1cnc[nH]1)C(=O)NC(CO)C(=O)N1CCCC1C(=O)O. The minimum Gasteiger partial charge on any atom is -0.480 e. The molecule has 33 heavy (non-hydrogen) atoms. The van der Waals surface area contributed by atoms with Gasteiger partial charge in [0.2, 0.25) is 23.6 Å². The van der Waals surface area contributed by atoms with Crippen molar-refractivity contribution in [3.63, 3.8) is 0 Å². The van der Waals surface area contributed by atoms with Crippen molar-refractivity contribution in [1.29, 1.82) is 0 Å². The molecule has 0 aromatic carbocycles. The number of carbonyl (C=O) groups excluding carboxylic acids is 4. The van der Waals surface area contributed by atoms with E-state index in [1.807, 2.05) is 0 Å². The van der Waals surface area contributed by atoms with E-state index in [1.165, 1.54) is 12.5 Å². The molecule has 1 aromatic rings. The molecule has 14 heteroatoms. The van der Waals surface area contributed by atoms with Crippen LogP contribution in [0, 0.1) is 0 Å². The number of carbonyl (C=O) groups is 5. The molecule has 2 rings (SSSR count). The highest BCUT2D eigenvalue weighted by atomic mass is 16.4. The Morgan fingerprint density at radius 1 is 1.21 bits per heavy atom. The third-order valence-corrected chi connectivity index (χ3v) is 5.26. The molecule has 0 saturated carbocycles. The van der Waals surface area contributed by atoms with E-state index >= 15 is 0 Å². The molecule has 9 N–H and O–H groups in total. The van der Waals surface area contributed by atoms with Crippen molar-refractivity contribution in [3.05, 3.63) is 18.2 Å². The number of aliphatic hydroxyl groups excluding tert-OH is 1. The van der Waals surface area contributed by atoms with E-state index in [4.69, 9.17) is 11.5 Å². The molecule has 0 radical (unpaired) electrons. The Kier molecular flexibility index (Phi) is 9.30. The first kappa shape index (κ1) is 25.7. The van der Waals surface area contributed by atoms with Gasteiger partial charge in [0.25, 0.3) is 0 Å². The molecule has 4 unspecified atom stereocenters. The first-order valence-corrected chi connectivity index (χ1v) is 10.4. The number of hydrogen-bond acceptors (Lipinski definition) is 8. The molecule has 182 valence electrons. The Labute approximate surface area is 189 Å². The van der Waals surface area contributed by atoms with Gasteiger partial charge in [0.15, 0.2) is 0 Å². The number of carboxylic acid groups (broad SMARTS) is 1. The zero-order valence-electron chi connectivity index (χ0n) is 17.9. The summed E-state index contributed by atoms with van der Waals surface area (Å²) >= 11 is 0.